The molecular formula is C11H17BrN2O2S. The predicted molar refractivity (Wildman–Crippen MR) is 72.4 cm³/mol. The standard InChI is InChI=1S/C11H17BrN2O2S/c1-9-6-10(12)8-11(7-9)17(15,16)14-5-3-2-4-13/h6-8,14H,2-5,13H2,1H3. The average Bonchev–Trinajstić information content (AvgIpc) is 2.23. The number of unbranched alkanes of at least 4 members (excludes halogenated alkanes) is 1. The number of benzene rings is 1. The van der Waals surface area contributed by atoms with Crippen LogP contribution in [0.1, 0.15) is 18.4 Å². The Morgan fingerprint density at radius 2 is 2.00 bits per heavy atom. The lowest BCUT2D eigenvalue weighted by atomic mass is 10.2. The van der Waals surface area contributed by atoms with E-state index in [1.807, 2.05) is 13.0 Å². The fourth-order valence-electron chi connectivity index (χ4n) is 1.42. The minimum absolute atomic E-state index is 0.289. The zero-order chi connectivity index (χ0) is 12.9. The van der Waals surface area contributed by atoms with Crippen molar-refractivity contribution in [1.29, 1.82) is 0 Å². The van der Waals surface area contributed by atoms with Crippen LogP contribution in [0.15, 0.2) is 27.6 Å². The topological polar surface area (TPSA) is 72.2 Å². The van der Waals surface area contributed by atoms with E-state index in [0.29, 0.717) is 13.1 Å². The summed E-state index contributed by atoms with van der Waals surface area (Å²) in [7, 11) is -3.41. The quantitative estimate of drug-likeness (QED) is 0.785. The van der Waals surface area contributed by atoms with Crippen LogP contribution in [0.5, 0.6) is 0 Å². The number of halogens is 1. The van der Waals surface area contributed by atoms with Gasteiger partial charge in [0.2, 0.25) is 10.0 Å². The molecule has 96 valence electrons. The lowest BCUT2D eigenvalue weighted by Gasteiger charge is -2.07. The van der Waals surface area contributed by atoms with Gasteiger partial charge in [0.15, 0.2) is 0 Å². The zero-order valence-electron chi connectivity index (χ0n) is 9.74. The molecule has 0 saturated carbocycles. The van der Waals surface area contributed by atoms with E-state index >= 15 is 0 Å². The summed E-state index contributed by atoms with van der Waals surface area (Å²) < 4.78 is 27.2. The fraction of sp³-hybridized carbons (Fsp3) is 0.455. The van der Waals surface area contributed by atoms with Crippen LogP contribution in [0.2, 0.25) is 0 Å². The van der Waals surface area contributed by atoms with Crippen molar-refractivity contribution < 1.29 is 8.42 Å². The minimum Gasteiger partial charge on any atom is -0.330 e. The first-order valence-electron chi connectivity index (χ1n) is 5.42. The number of aryl methyl sites for hydroxylation is 1. The molecule has 1 aromatic carbocycles. The molecule has 6 heteroatoms. The van der Waals surface area contributed by atoms with Crippen molar-refractivity contribution in [2.75, 3.05) is 13.1 Å². The van der Waals surface area contributed by atoms with Gasteiger partial charge < -0.3 is 5.73 Å². The molecule has 0 aromatic heterocycles. The van der Waals surface area contributed by atoms with Crippen molar-refractivity contribution in [3.63, 3.8) is 0 Å². The van der Waals surface area contributed by atoms with Gasteiger partial charge in [0.1, 0.15) is 0 Å². The number of rotatable bonds is 6. The van der Waals surface area contributed by atoms with E-state index in [9.17, 15) is 8.42 Å². The lowest BCUT2D eigenvalue weighted by Crippen LogP contribution is -2.25. The summed E-state index contributed by atoms with van der Waals surface area (Å²) in [6.45, 7) is 2.86. The van der Waals surface area contributed by atoms with Crippen LogP contribution in [-0.4, -0.2) is 21.5 Å². The molecule has 17 heavy (non-hydrogen) atoms. The largest absolute Gasteiger partial charge is 0.330 e. The molecule has 0 aliphatic rings. The second-order valence-corrected chi connectivity index (χ2v) is 6.54. The van der Waals surface area contributed by atoms with Gasteiger partial charge in [-0.3, -0.25) is 0 Å². The molecule has 0 spiro atoms. The summed E-state index contributed by atoms with van der Waals surface area (Å²) in [6.07, 6.45) is 1.57. The van der Waals surface area contributed by atoms with Crippen LogP contribution in [0.4, 0.5) is 0 Å². The van der Waals surface area contributed by atoms with Crippen LogP contribution < -0.4 is 10.5 Å². The molecule has 0 bridgehead atoms. The van der Waals surface area contributed by atoms with Crippen molar-refractivity contribution in [2.24, 2.45) is 5.73 Å². The SMILES string of the molecule is Cc1cc(Br)cc(S(=O)(=O)NCCCCN)c1. The van der Waals surface area contributed by atoms with Gasteiger partial charge in [-0.25, -0.2) is 13.1 Å². The third-order valence-electron chi connectivity index (χ3n) is 2.25. The van der Waals surface area contributed by atoms with E-state index in [1.54, 1.807) is 12.1 Å². The average molecular weight is 321 g/mol. The Bertz CT molecular complexity index is 454. The summed E-state index contributed by atoms with van der Waals surface area (Å²) >= 11 is 3.29. The number of nitrogens with two attached hydrogens (primary N) is 1. The molecule has 1 aromatic rings. The Labute approximate surface area is 111 Å². The van der Waals surface area contributed by atoms with Crippen molar-refractivity contribution in [1.82, 2.24) is 4.72 Å². The molecule has 0 heterocycles. The highest BCUT2D eigenvalue weighted by atomic mass is 79.9. The van der Waals surface area contributed by atoms with Gasteiger partial charge in [0.05, 0.1) is 4.90 Å². The molecule has 4 nitrogen and oxygen atoms in total. The van der Waals surface area contributed by atoms with E-state index in [0.717, 1.165) is 22.9 Å². The van der Waals surface area contributed by atoms with E-state index in [4.69, 9.17) is 5.73 Å². The normalized spacial score (nSPS) is 11.7. The fourth-order valence-corrected chi connectivity index (χ4v) is 3.38. The summed E-state index contributed by atoms with van der Waals surface area (Å²) in [6, 6.07) is 5.11. The number of nitrogens with one attached hydrogen (secondary N) is 1. The van der Waals surface area contributed by atoms with Gasteiger partial charge in [0.25, 0.3) is 0 Å². The first-order chi connectivity index (χ1) is 7.95. The van der Waals surface area contributed by atoms with E-state index in [2.05, 4.69) is 20.7 Å². The molecule has 1 rings (SSSR count). The van der Waals surface area contributed by atoms with Crippen molar-refractivity contribution in [3.8, 4) is 0 Å². The van der Waals surface area contributed by atoms with Gasteiger partial charge in [-0.15, -0.1) is 0 Å². The Morgan fingerprint density at radius 1 is 1.29 bits per heavy atom. The van der Waals surface area contributed by atoms with Gasteiger partial charge in [-0.05, 0) is 50.1 Å². The second-order valence-electron chi connectivity index (χ2n) is 3.86. The highest BCUT2D eigenvalue weighted by Crippen LogP contribution is 2.18. The zero-order valence-corrected chi connectivity index (χ0v) is 12.1. The number of hydrogen-bond acceptors (Lipinski definition) is 3. The third kappa shape index (κ3) is 4.75. The smallest absolute Gasteiger partial charge is 0.240 e. The summed E-state index contributed by atoms with van der Waals surface area (Å²) in [5, 5.41) is 0. The third-order valence-corrected chi connectivity index (χ3v) is 4.15. The maximum Gasteiger partial charge on any atom is 0.240 e. The van der Waals surface area contributed by atoms with Gasteiger partial charge in [-0.2, -0.15) is 0 Å². The molecule has 0 unspecified atom stereocenters. The molecular weight excluding hydrogens is 304 g/mol. The Morgan fingerprint density at radius 3 is 2.59 bits per heavy atom. The van der Waals surface area contributed by atoms with Crippen molar-refractivity contribution in [2.45, 2.75) is 24.7 Å². The Balaban J connectivity index is 2.75. The molecule has 0 aliphatic carbocycles. The molecule has 0 radical (unpaired) electrons. The summed E-state index contributed by atoms with van der Waals surface area (Å²) in [4.78, 5) is 0.289. The molecule has 0 fully saturated rings. The second kappa shape index (κ2) is 6.49. The molecule has 3 N–H and O–H groups in total. The Hall–Kier alpha value is -0.430. The first kappa shape index (κ1) is 14.6. The van der Waals surface area contributed by atoms with Crippen LogP contribution in [0.3, 0.4) is 0 Å². The number of sulfonamides is 1. The molecule has 0 saturated heterocycles. The highest BCUT2D eigenvalue weighted by Gasteiger charge is 2.13. The monoisotopic (exact) mass is 320 g/mol. The van der Waals surface area contributed by atoms with Crippen LogP contribution in [0.25, 0.3) is 0 Å². The van der Waals surface area contributed by atoms with E-state index in [1.165, 1.54) is 0 Å². The van der Waals surface area contributed by atoms with E-state index < -0.39 is 10.0 Å². The van der Waals surface area contributed by atoms with Gasteiger partial charge in [-0.1, -0.05) is 15.9 Å². The van der Waals surface area contributed by atoms with Crippen LogP contribution in [-0.2, 0) is 10.0 Å². The summed E-state index contributed by atoms with van der Waals surface area (Å²) in [5.41, 5.74) is 6.25. The highest BCUT2D eigenvalue weighted by molar-refractivity contribution is 9.10. The molecule has 0 aliphatic heterocycles. The first-order valence-corrected chi connectivity index (χ1v) is 7.70. The maximum absolute atomic E-state index is 11.9. The van der Waals surface area contributed by atoms with Gasteiger partial charge in [0, 0.05) is 11.0 Å². The van der Waals surface area contributed by atoms with Crippen LogP contribution in [0, 0.1) is 6.92 Å². The van der Waals surface area contributed by atoms with Crippen molar-refractivity contribution in [3.05, 3.63) is 28.2 Å². The molecule has 0 atom stereocenters. The van der Waals surface area contributed by atoms with Crippen molar-refractivity contribution >= 4 is 26.0 Å². The predicted octanol–water partition coefficient (Wildman–Crippen LogP) is 1.77. The Kier molecular flexibility index (Phi) is 5.58. The molecule has 0 amide bonds. The minimum atomic E-state index is -3.41. The summed E-state index contributed by atoms with van der Waals surface area (Å²) in [5.74, 6) is 0. The number of hydrogen-bond donors (Lipinski definition) is 2. The maximum atomic E-state index is 11.9. The van der Waals surface area contributed by atoms with Gasteiger partial charge >= 0.3 is 0 Å². The van der Waals surface area contributed by atoms with Crippen LogP contribution >= 0.6 is 15.9 Å². The lowest BCUT2D eigenvalue weighted by molar-refractivity contribution is 0.577. The van der Waals surface area contributed by atoms with E-state index in [-0.39, 0.29) is 4.90 Å².